The molecule has 0 radical (unpaired) electrons. The van der Waals surface area contributed by atoms with Crippen molar-refractivity contribution >= 4 is 0 Å². The Labute approximate surface area is 109 Å². The molecule has 1 heterocycles. The van der Waals surface area contributed by atoms with Crippen LogP contribution in [-0.2, 0) is 11.3 Å². The molecule has 1 fully saturated rings. The number of rotatable bonds is 7. The van der Waals surface area contributed by atoms with E-state index >= 15 is 0 Å². The molecule has 1 aliphatic heterocycles. The summed E-state index contributed by atoms with van der Waals surface area (Å²) in [5.41, 5.74) is 1.23. The van der Waals surface area contributed by atoms with Crippen LogP contribution in [0.25, 0.3) is 0 Å². The van der Waals surface area contributed by atoms with E-state index in [4.69, 9.17) is 9.47 Å². The molecule has 3 nitrogen and oxygen atoms in total. The van der Waals surface area contributed by atoms with E-state index in [1.807, 2.05) is 12.1 Å². The average molecular weight is 248 g/mol. The minimum atomic E-state index is 0.436. The van der Waals surface area contributed by atoms with Crippen LogP contribution in [-0.4, -0.2) is 25.9 Å². The van der Waals surface area contributed by atoms with Gasteiger partial charge in [0, 0.05) is 12.2 Å². The van der Waals surface area contributed by atoms with E-state index in [1.54, 1.807) is 6.08 Å². The van der Waals surface area contributed by atoms with Crippen LogP contribution in [0.1, 0.15) is 18.4 Å². The third-order valence-electron chi connectivity index (χ3n) is 3.15. The topological polar surface area (TPSA) is 35.1 Å². The minimum Gasteiger partial charge on any atom is -0.489 e. The highest BCUT2D eigenvalue weighted by Gasteiger charge is 2.17. The van der Waals surface area contributed by atoms with Gasteiger partial charge in [-0.1, -0.05) is 24.8 Å². The van der Waals surface area contributed by atoms with Crippen LogP contribution in [0.2, 0.25) is 0 Å². The van der Waals surface area contributed by atoms with Crippen LogP contribution in [0, 0.1) is 0 Å². The molecule has 2 rings (SSSR count). The zero-order valence-electron chi connectivity index (χ0n) is 10.8. The van der Waals surface area contributed by atoms with Crippen molar-refractivity contribution in [2.45, 2.75) is 25.5 Å². The van der Waals surface area contributed by atoms with Crippen molar-refractivity contribution < 1.29 is 14.8 Å². The van der Waals surface area contributed by atoms with Gasteiger partial charge in [-0.05, 0) is 25.0 Å². The molecule has 0 bridgehead atoms. The second kappa shape index (κ2) is 7.19. The van der Waals surface area contributed by atoms with Gasteiger partial charge in [-0.2, -0.15) is 0 Å². The lowest BCUT2D eigenvalue weighted by atomic mass is 10.2. The first-order chi connectivity index (χ1) is 8.90. The van der Waals surface area contributed by atoms with Crippen molar-refractivity contribution in [1.29, 1.82) is 0 Å². The Kier molecular flexibility index (Phi) is 5.24. The van der Waals surface area contributed by atoms with Gasteiger partial charge in [0.25, 0.3) is 0 Å². The molecule has 0 spiro atoms. The van der Waals surface area contributed by atoms with Crippen molar-refractivity contribution in [3.8, 4) is 5.75 Å². The van der Waals surface area contributed by atoms with Gasteiger partial charge in [0.2, 0.25) is 0 Å². The van der Waals surface area contributed by atoms with Gasteiger partial charge in [0.1, 0.15) is 31.5 Å². The molecule has 0 aliphatic carbocycles. The molecule has 3 heteroatoms. The summed E-state index contributed by atoms with van der Waals surface area (Å²) in [6.45, 7) is 7.13. The van der Waals surface area contributed by atoms with E-state index in [0.717, 1.165) is 25.4 Å². The zero-order valence-corrected chi connectivity index (χ0v) is 10.8. The summed E-state index contributed by atoms with van der Waals surface area (Å²) >= 11 is 0. The molecule has 0 amide bonds. The van der Waals surface area contributed by atoms with Gasteiger partial charge in [0.15, 0.2) is 0 Å². The monoisotopic (exact) mass is 248 g/mol. The molecular weight excluding hydrogens is 226 g/mol. The Balaban J connectivity index is 1.81. The van der Waals surface area contributed by atoms with Crippen LogP contribution in [0.4, 0.5) is 0 Å². The van der Waals surface area contributed by atoms with Crippen LogP contribution in [0.15, 0.2) is 36.9 Å². The molecule has 98 valence electrons. The van der Waals surface area contributed by atoms with Crippen molar-refractivity contribution in [2.75, 3.05) is 19.8 Å². The molecule has 1 aliphatic rings. The average Bonchev–Trinajstić information content (AvgIpc) is 2.91. The molecule has 0 saturated carbocycles. The molecular formula is C15H22NO2+. The van der Waals surface area contributed by atoms with Crippen molar-refractivity contribution in [3.05, 3.63) is 42.5 Å². The number of ether oxygens (including phenoxy) is 2. The predicted octanol–water partition coefficient (Wildman–Crippen LogP) is 1.49. The fraction of sp³-hybridized carbons (Fsp3) is 0.467. The molecule has 0 aromatic heterocycles. The van der Waals surface area contributed by atoms with Gasteiger partial charge >= 0.3 is 0 Å². The van der Waals surface area contributed by atoms with Gasteiger partial charge in [0.05, 0.1) is 0 Å². The maximum atomic E-state index is 5.64. The standard InChI is InChI=1S/C15H21NO2/c1-2-9-18-15-8-4-3-6-13(15)11-16-12-14-7-5-10-17-14/h2-4,6,8,14,16H,1,5,7,9-12H2/p+1/t14-/m1/s1. The lowest BCUT2D eigenvalue weighted by Crippen LogP contribution is -2.84. The Morgan fingerprint density at radius 3 is 3.11 bits per heavy atom. The van der Waals surface area contributed by atoms with E-state index in [9.17, 15) is 0 Å². The van der Waals surface area contributed by atoms with Crippen molar-refractivity contribution in [1.82, 2.24) is 0 Å². The third-order valence-corrected chi connectivity index (χ3v) is 3.15. The van der Waals surface area contributed by atoms with Crippen molar-refractivity contribution in [3.63, 3.8) is 0 Å². The zero-order chi connectivity index (χ0) is 12.6. The Hall–Kier alpha value is -1.32. The second-order valence-corrected chi connectivity index (χ2v) is 4.57. The Bertz CT molecular complexity index is 373. The van der Waals surface area contributed by atoms with Crippen LogP contribution >= 0.6 is 0 Å². The summed E-state index contributed by atoms with van der Waals surface area (Å²) in [5, 5.41) is 2.30. The van der Waals surface area contributed by atoms with Gasteiger partial charge in [-0.3, -0.25) is 0 Å². The van der Waals surface area contributed by atoms with E-state index in [-0.39, 0.29) is 0 Å². The van der Waals surface area contributed by atoms with Gasteiger partial charge < -0.3 is 14.8 Å². The van der Waals surface area contributed by atoms with E-state index in [0.29, 0.717) is 12.7 Å². The molecule has 0 unspecified atom stereocenters. The number of benzene rings is 1. The van der Waals surface area contributed by atoms with Crippen LogP contribution in [0.5, 0.6) is 5.75 Å². The normalized spacial score (nSPS) is 18.8. The lowest BCUT2D eigenvalue weighted by molar-refractivity contribution is -0.676. The molecule has 1 atom stereocenters. The van der Waals surface area contributed by atoms with Crippen LogP contribution < -0.4 is 10.1 Å². The van der Waals surface area contributed by atoms with Crippen LogP contribution in [0.3, 0.4) is 0 Å². The fourth-order valence-electron chi connectivity index (χ4n) is 2.22. The summed E-state index contributed by atoms with van der Waals surface area (Å²) in [4.78, 5) is 0. The number of hydrogen-bond acceptors (Lipinski definition) is 2. The summed E-state index contributed by atoms with van der Waals surface area (Å²) < 4.78 is 11.2. The van der Waals surface area contributed by atoms with Crippen molar-refractivity contribution in [2.24, 2.45) is 0 Å². The molecule has 1 aromatic rings. The Morgan fingerprint density at radius 1 is 1.44 bits per heavy atom. The summed E-state index contributed by atoms with van der Waals surface area (Å²) in [7, 11) is 0. The van der Waals surface area contributed by atoms with E-state index in [2.05, 4.69) is 24.0 Å². The van der Waals surface area contributed by atoms with Gasteiger partial charge in [-0.25, -0.2) is 0 Å². The lowest BCUT2D eigenvalue weighted by Gasteiger charge is -2.11. The number of nitrogens with two attached hydrogens (primary N) is 1. The first kappa shape index (κ1) is 13.1. The quantitative estimate of drug-likeness (QED) is 0.742. The smallest absolute Gasteiger partial charge is 0.128 e. The number of para-hydroxylation sites is 1. The largest absolute Gasteiger partial charge is 0.489 e. The second-order valence-electron chi connectivity index (χ2n) is 4.57. The summed E-state index contributed by atoms with van der Waals surface area (Å²) in [5.74, 6) is 0.959. The molecule has 18 heavy (non-hydrogen) atoms. The maximum absolute atomic E-state index is 5.64. The van der Waals surface area contributed by atoms with E-state index < -0.39 is 0 Å². The highest BCUT2D eigenvalue weighted by Crippen LogP contribution is 2.16. The third kappa shape index (κ3) is 3.86. The first-order valence-electron chi connectivity index (χ1n) is 6.65. The van der Waals surface area contributed by atoms with Gasteiger partial charge in [-0.15, -0.1) is 0 Å². The first-order valence-corrected chi connectivity index (χ1v) is 6.65. The summed E-state index contributed by atoms with van der Waals surface area (Å²) in [6.07, 6.45) is 4.61. The molecule has 2 N–H and O–H groups in total. The Morgan fingerprint density at radius 2 is 2.33 bits per heavy atom. The minimum absolute atomic E-state index is 0.436. The van der Waals surface area contributed by atoms with E-state index in [1.165, 1.54) is 18.4 Å². The highest BCUT2D eigenvalue weighted by molar-refractivity contribution is 5.32. The molecule has 1 saturated heterocycles. The highest BCUT2D eigenvalue weighted by atomic mass is 16.5. The fourth-order valence-corrected chi connectivity index (χ4v) is 2.22. The predicted molar refractivity (Wildman–Crippen MR) is 71.6 cm³/mol. The number of quaternary nitrogens is 1. The summed E-state index contributed by atoms with van der Waals surface area (Å²) in [6, 6.07) is 8.18. The molecule has 1 aromatic carbocycles. The SMILES string of the molecule is C=CCOc1ccccc1C[NH2+]C[C@H]1CCCO1. The number of hydrogen-bond donors (Lipinski definition) is 1. The maximum Gasteiger partial charge on any atom is 0.128 e.